The van der Waals surface area contributed by atoms with Crippen LogP contribution in [0.25, 0.3) is 11.1 Å². The molecule has 0 saturated heterocycles. The number of nitrogens with one attached hydrogen (secondary N) is 1. The summed E-state index contributed by atoms with van der Waals surface area (Å²) >= 11 is 0. The van der Waals surface area contributed by atoms with Crippen molar-refractivity contribution >= 4 is 11.6 Å². The molecule has 120 valence electrons. The second-order valence-corrected chi connectivity index (χ2v) is 5.97. The lowest BCUT2D eigenvalue weighted by molar-refractivity contribution is -0.115. The first-order valence-corrected chi connectivity index (χ1v) is 7.99. The van der Waals surface area contributed by atoms with Crippen molar-refractivity contribution in [3.63, 3.8) is 0 Å². The summed E-state index contributed by atoms with van der Waals surface area (Å²) in [6.45, 7) is 4.01. The van der Waals surface area contributed by atoms with Gasteiger partial charge in [0, 0.05) is 17.6 Å². The summed E-state index contributed by atoms with van der Waals surface area (Å²) in [5, 5.41) is 2.94. The van der Waals surface area contributed by atoms with Crippen LogP contribution in [0.15, 0.2) is 66.9 Å². The molecular formula is C21H20N2O. The minimum Gasteiger partial charge on any atom is -0.326 e. The molecule has 1 N–H and O–H groups in total. The van der Waals surface area contributed by atoms with Gasteiger partial charge in [-0.15, -0.1) is 0 Å². The Balaban J connectivity index is 1.65. The Morgan fingerprint density at radius 2 is 1.62 bits per heavy atom. The third-order valence-electron chi connectivity index (χ3n) is 3.88. The highest BCUT2D eigenvalue weighted by atomic mass is 16.1. The molecule has 1 aromatic heterocycles. The summed E-state index contributed by atoms with van der Waals surface area (Å²) in [4.78, 5) is 16.4. The van der Waals surface area contributed by atoms with Crippen molar-refractivity contribution in [2.24, 2.45) is 0 Å². The van der Waals surface area contributed by atoms with Gasteiger partial charge in [-0.2, -0.15) is 0 Å². The van der Waals surface area contributed by atoms with Gasteiger partial charge in [0.25, 0.3) is 0 Å². The van der Waals surface area contributed by atoms with Crippen LogP contribution in [0, 0.1) is 13.8 Å². The first-order chi connectivity index (χ1) is 11.6. The van der Waals surface area contributed by atoms with E-state index in [1.165, 1.54) is 5.56 Å². The Morgan fingerprint density at radius 3 is 2.29 bits per heavy atom. The largest absolute Gasteiger partial charge is 0.326 e. The molecule has 0 saturated carbocycles. The number of carbonyl (C=O) groups excluding carboxylic acids is 1. The summed E-state index contributed by atoms with van der Waals surface area (Å²) in [5.41, 5.74) is 6.24. The van der Waals surface area contributed by atoms with Gasteiger partial charge >= 0.3 is 0 Å². The molecule has 1 amide bonds. The number of benzene rings is 2. The molecule has 0 aliphatic heterocycles. The number of pyridine rings is 1. The normalized spacial score (nSPS) is 10.4. The third-order valence-corrected chi connectivity index (χ3v) is 3.88. The summed E-state index contributed by atoms with van der Waals surface area (Å²) < 4.78 is 0. The quantitative estimate of drug-likeness (QED) is 0.767. The van der Waals surface area contributed by atoms with Gasteiger partial charge in [0.15, 0.2) is 0 Å². The predicted octanol–water partition coefficient (Wildman–Crippen LogP) is 4.55. The number of aromatic nitrogens is 1. The van der Waals surface area contributed by atoms with Crippen LogP contribution in [0.1, 0.15) is 16.8 Å². The molecule has 0 radical (unpaired) electrons. The number of anilines is 1. The van der Waals surface area contributed by atoms with Gasteiger partial charge in [-0.1, -0.05) is 42.0 Å². The van der Waals surface area contributed by atoms with Gasteiger partial charge in [0.2, 0.25) is 5.91 Å². The van der Waals surface area contributed by atoms with Crippen LogP contribution in [-0.2, 0) is 11.2 Å². The minimum atomic E-state index is -0.00800. The number of rotatable bonds is 4. The van der Waals surface area contributed by atoms with Gasteiger partial charge in [0.1, 0.15) is 0 Å². The Bertz CT molecular complexity index is 836. The molecule has 3 aromatic rings. The second-order valence-electron chi connectivity index (χ2n) is 5.97. The van der Waals surface area contributed by atoms with E-state index in [0.29, 0.717) is 6.42 Å². The first-order valence-electron chi connectivity index (χ1n) is 7.99. The average molecular weight is 316 g/mol. The van der Waals surface area contributed by atoms with Crippen LogP contribution >= 0.6 is 0 Å². The van der Waals surface area contributed by atoms with E-state index in [0.717, 1.165) is 28.1 Å². The lowest BCUT2D eigenvalue weighted by atomic mass is 10.1. The van der Waals surface area contributed by atoms with E-state index in [4.69, 9.17) is 0 Å². The van der Waals surface area contributed by atoms with Crippen molar-refractivity contribution < 1.29 is 4.79 Å². The van der Waals surface area contributed by atoms with Crippen LogP contribution in [0.4, 0.5) is 5.69 Å². The number of aryl methyl sites for hydroxylation is 2. The van der Waals surface area contributed by atoms with Crippen LogP contribution in [-0.4, -0.2) is 10.9 Å². The van der Waals surface area contributed by atoms with Crippen molar-refractivity contribution in [1.29, 1.82) is 0 Å². The lowest BCUT2D eigenvalue weighted by Crippen LogP contribution is -2.14. The third kappa shape index (κ3) is 4.07. The number of hydrogen-bond donors (Lipinski definition) is 1. The molecule has 24 heavy (non-hydrogen) atoms. The number of nitrogens with zero attached hydrogens (tertiary/aromatic N) is 1. The molecule has 0 fully saturated rings. The zero-order chi connectivity index (χ0) is 16.9. The lowest BCUT2D eigenvalue weighted by Gasteiger charge is -2.07. The second kappa shape index (κ2) is 7.09. The molecule has 3 heteroatoms. The van der Waals surface area contributed by atoms with Gasteiger partial charge in [0.05, 0.1) is 6.42 Å². The number of hydrogen-bond acceptors (Lipinski definition) is 2. The molecule has 0 atom stereocenters. The van der Waals surface area contributed by atoms with Crippen LogP contribution in [0.3, 0.4) is 0 Å². The van der Waals surface area contributed by atoms with Gasteiger partial charge in [-0.25, -0.2) is 0 Å². The number of carbonyl (C=O) groups is 1. The van der Waals surface area contributed by atoms with Crippen LogP contribution in [0.5, 0.6) is 0 Å². The monoisotopic (exact) mass is 316 g/mol. The smallest absolute Gasteiger partial charge is 0.228 e. The minimum absolute atomic E-state index is 0.00800. The molecule has 3 nitrogen and oxygen atoms in total. The van der Waals surface area contributed by atoms with Crippen LogP contribution < -0.4 is 5.32 Å². The van der Waals surface area contributed by atoms with Crippen LogP contribution in [0.2, 0.25) is 0 Å². The summed E-state index contributed by atoms with van der Waals surface area (Å²) in [5.74, 6) is -0.00800. The van der Waals surface area contributed by atoms with E-state index >= 15 is 0 Å². The fourth-order valence-corrected chi connectivity index (χ4v) is 2.57. The van der Waals surface area contributed by atoms with E-state index in [-0.39, 0.29) is 5.91 Å². The Hall–Kier alpha value is -2.94. The molecular weight excluding hydrogens is 296 g/mol. The average Bonchev–Trinajstić information content (AvgIpc) is 2.58. The Morgan fingerprint density at radius 1 is 0.917 bits per heavy atom. The van der Waals surface area contributed by atoms with Crippen molar-refractivity contribution in [1.82, 2.24) is 4.98 Å². The Labute approximate surface area is 142 Å². The summed E-state index contributed by atoms with van der Waals surface area (Å²) in [7, 11) is 0. The van der Waals surface area contributed by atoms with Crippen molar-refractivity contribution in [2.75, 3.05) is 5.32 Å². The predicted molar refractivity (Wildman–Crippen MR) is 97.9 cm³/mol. The topological polar surface area (TPSA) is 42.0 Å². The molecule has 1 heterocycles. The maximum atomic E-state index is 12.1. The molecule has 0 spiro atoms. The van der Waals surface area contributed by atoms with Crippen molar-refractivity contribution in [3.8, 4) is 11.1 Å². The Kier molecular flexibility index (Phi) is 4.71. The van der Waals surface area contributed by atoms with E-state index < -0.39 is 0 Å². The molecule has 2 aromatic carbocycles. The zero-order valence-electron chi connectivity index (χ0n) is 13.9. The molecule has 0 aliphatic rings. The summed E-state index contributed by atoms with van der Waals surface area (Å²) in [6, 6.07) is 19.9. The molecule has 0 aliphatic carbocycles. The van der Waals surface area contributed by atoms with E-state index in [2.05, 4.69) is 10.3 Å². The fourth-order valence-electron chi connectivity index (χ4n) is 2.57. The van der Waals surface area contributed by atoms with E-state index in [1.807, 2.05) is 80.7 Å². The summed E-state index contributed by atoms with van der Waals surface area (Å²) in [6.07, 6.45) is 2.19. The van der Waals surface area contributed by atoms with Crippen molar-refractivity contribution in [3.05, 3.63) is 83.7 Å². The van der Waals surface area contributed by atoms with Gasteiger partial charge in [-0.3, -0.25) is 9.78 Å². The van der Waals surface area contributed by atoms with Gasteiger partial charge < -0.3 is 5.32 Å². The first kappa shape index (κ1) is 15.9. The SMILES string of the molecule is Cc1ccc(CC(=O)Nc2ccc(-c3ccnc(C)c3)cc2)cc1. The fraction of sp³-hybridized carbons (Fsp3) is 0.143. The molecule has 0 bridgehead atoms. The number of amides is 1. The van der Waals surface area contributed by atoms with E-state index in [1.54, 1.807) is 0 Å². The zero-order valence-corrected chi connectivity index (χ0v) is 13.9. The van der Waals surface area contributed by atoms with E-state index in [9.17, 15) is 4.79 Å². The maximum Gasteiger partial charge on any atom is 0.228 e. The standard InChI is InChI=1S/C21H20N2O/c1-15-3-5-17(6-4-15)14-21(24)23-20-9-7-18(8-10-20)19-11-12-22-16(2)13-19/h3-13H,14H2,1-2H3,(H,23,24). The highest BCUT2D eigenvalue weighted by molar-refractivity contribution is 5.92. The maximum absolute atomic E-state index is 12.1. The highest BCUT2D eigenvalue weighted by Crippen LogP contribution is 2.21. The van der Waals surface area contributed by atoms with Gasteiger partial charge in [-0.05, 0) is 54.8 Å². The molecule has 3 rings (SSSR count). The highest BCUT2D eigenvalue weighted by Gasteiger charge is 2.05. The van der Waals surface area contributed by atoms with Crippen molar-refractivity contribution in [2.45, 2.75) is 20.3 Å². The molecule has 0 unspecified atom stereocenters.